The molecule has 0 aliphatic carbocycles. The van der Waals surface area contributed by atoms with E-state index in [1.54, 1.807) is 14.2 Å². The number of hydrogen-bond donors (Lipinski definition) is 2. The van der Waals surface area contributed by atoms with Crippen molar-refractivity contribution in [3.63, 3.8) is 0 Å². The van der Waals surface area contributed by atoms with Gasteiger partial charge in [-0.1, -0.05) is 0 Å². The van der Waals surface area contributed by atoms with Gasteiger partial charge in [0, 0.05) is 6.54 Å². The lowest BCUT2D eigenvalue weighted by Crippen LogP contribution is -2.38. The van der Waals surface area contributed by atoms with Gasteiger partial charge in [0.05, 0.1) is 33.5 Å². The number of rotatable bonds is 8. The van der Waals surface area contributed by atoms with Crippen molar-refractivity contribution in [1.29, 1.82) is 0 Å². The van der Waals surface area contributed by atoms with Crippen molar-refractivity contribution < 1.29 is 19.7 Å². The van der Waals surface area contributed by atoms with Gasteiger partial charge in [0.1, 0.15) is 11.5 Å². The first-order chi connectivity index (χ1) is 9.15. The lowest BCUT2D eigenvalue weighted by molar-refractivity contribution is 0.0924. The van der Waals surface area contributed by atoms with E-state index in [1.165, 1.54) is 0 Å². The molecule has 1 aromatic rings. The maximum Gasteiger partial charge on any atom is 0.122 e. The molecule has 0 saturated heterocycles. The van der Waals surface area contributed by atoms with Crippen LogP contribution in [0.4, 0.5) is 0 Å². The number of likely N-dealkylation sites (N-methyl/N-ethyl adjacent to an activating group) is 1. The molecule has 0 unspecified atom stereocenters. The second-order valence-corrected chi connectivity index (χ2v) is 4.43. The molecule has 0 heterocycles. The Morgan fingerprint density at radius 1 is 1.16 bits per heavy atom. The summed E-state index contributed by atoms with van der Waals surface area (Å²) in [6.45, 7) is 0.611. The highest BCUT2D eigenvalue weighted by molar-refractivity contribution is 5.40. The average molecular weight is 269 g/mol. The summed E-state index contributed by atoms with van der Waals surface area (Å²) in [5, 5.41) is 18.3. The van der Waals surface area contributed by atoms with Crippen molar-refractivity contribution in [3.05, 3.63) is 23.8 Å². The first kappa shape index (κ1) is 15.8. The summed E-state index contributed by atoms with van der Waals surface area (Å²) in [4.78, 5) is 1.93. The van der Waals surface area contributed by atoms with Crippen LogP contribution in [0.1, 0.15) is 5.56 Å². The molecular formula is C14H23NO4. The Balaban J connectivity index is 2.70. The number of nitrogens with zero attached hydrogens (tertiary/aromatic N) is 1. The molecule has 0 fully saturated rings. The van der Waals surface area contributed by atoms with Crippen molar-refractivity contribution >= 4 is 0 Å². The molecule has 1 aromatic carbocycles. The largest absolute Gasteiger partial charge is 0.497 e. The maximum atomic E-state index is 9.13. The highest BCUT2D eigenvalue weighted by Crippen LogP contribution is 2.24. The fourth-order valence-corrected chi connectivity index (χ4v) is 1.89. The lowest BCUT2D eigenvalue weighted by Gasteiger charge is -2.24. The van der Waals surface area contributed by atoms with Crippen molar-refractivity contribution in [1.82, 2.24) is 4.90 Å². The van der Waals surface area contributed by atoms with Gasteiger partial charge in [0.15, 0.2) is 0 Å². The third-order valence-corrected chi connectivity index (χ3v) is 3.27. The summed E-state index contributed by atoms with van der Waals surface area (Å²) >= 11 is 0. The number of ether oxygens (including phenoxy) is 2. The zero-order valence-corrected chi connectivity index (χ0v) is 11.8. The number of methoxy groups -OCH3 is 2. The molecule has 0 aliphatic rings. The number of aliphatic hydroxyl groups is 2. The molecule has 0 radical (unpaired) electrons. The third kappa shape index (κ3) is 4.38. The maximum absolute atomic E-state index is 9.13. The predicted octanol–water partition coefficient (Wildman–Crippen LogP) is 0.531. The Hall–Kier alpha value is -1.30. The van der Waals surface area contributed by atoms with Gasteiger partial charge in [-0.25, -0.2) is 0 Å². The van der Waals surface area contributed by atoms with E-state index in [2.05, 4.69) is 0 Å². The van der Waals surface area contributed by atoms with Gasteiger partial charge in [0.2, 0.25) is 0 Å². The van der Waals surface area contributed by atoms with Gasteiger partial charge < -0.3 is 19.7 Å². The van der Waals surface area contributed by atoms with Crippen LogP contribution < -0.4 is 9.47 Å². The fraction of sp³-hybridized carbons (Fsp3) is 0.571. The molecule has 0 aliphatic heterocycles. The molecular weight excluding hydrogens is 246 g/mol. The van der Waals surface area contributed by atoms with E-state index in [4.69, 9.17) is 19.7 Å². The Morgan fingerprint density at radius 3 is 2.37 bits per heavy atom. The molecule has 0 bridgehead atoms. The van der Waals surface area contributed by atoms with Crippen molar-refractivity contribution in [2.75, 3.05) is 41.0 Å². The fourth-order valence-electron chi connectivity index (χ4n) is 1.89. The summed E-state index contributed by atoms with van der Waals surface area (Å²) in [6.07, 6.45) is 0.757. The second kappa shape index (κ2) is 7.99. The summed E-state index contributed by atoms with van der Waals surface area (Å²) in [5.41, 5.74) is 1.04. The highest BCUT2D eigenvalue weighted by Gasteiger charge is 2.13. The van der Waals surface area contributed by atoms with E-state index >= 15 is 0 Å². The normalized spacial score (nSPS) is 11.1. The molecule has 0 saturated carbocycles. The summed E-state index contributed by atoms with van der Waals surface area (Å²) in [7, 11) is 5.15. The molecule has 108 valence electrons. The van der Waals surface area contributed by atoms with Crippen molar-refractivity contribution in [2.45, 2.75) is 12.5 Å². The van der Waals surface area contributed by atoms with Crippen LogP contribution in [0.5, 0.6) is 11.5 Å². The van der Waals surface area contributed by atoms with Gasteiger partial charge in [-0.05, 0) is 37.2 Å². The van der Waals surface area contributed by atoms with E-state index in [0.29, 0.717) is 0 Å². The minimum Gasteiger partial charge on any atom is -0.497 e. The molecule has 0 atom stereocenters. The molecule has 2 N–H and O–H groups in total. The summed E-state index contributed by atoms with van der Waals surface area (Å²) in [5.74, 6) is 1.61. The monoisotopic (exact) mass is 269 g/mol. The number of aliphatic hydroxyl groups excluding tert-OH is 2. The van der Waals surface area contributed by atoms with Crippen LogP contribution in [0, 0.1) is 0 Å². The Labute approximate surface area is 114 Å². The van der Waals surface area contributed by atoms with Gasteiger partial charge in [-0.15, -0.1) is 0 Å². The summed E-state index contributed by atoms with van der Waals surface area (Å²) in [6, 6.07) is 5.45. The van der Waals surface area contributed by atoms with Gasteiger partial charge in [-0.2, -0.15) is 0 Å². The smallest absolute Gasteiger partial charge is 0.122 e. The third-order valence-electron chi connectivity index (χ3n) is 3.27. The van der Waals surface area contributed by atoms with Gasteiger partial charge in [0.25, 0.3) is 0 Å². The van der Waals surface area contributed by atoms with Crippen molar-refractivity contribution in [3.8, 4) is 11.5 Å². The van der Waals surface area contributed by atoms with Crippen molar-refractivity contribution in [2.24, 2.45) is 0 Å². The lowest BCUT2D eigenvalue weighted by atomic mass is 10.1. The first-order valence-corrected chi connectivity index (χ1v) is 6.29. The van der Waals surface area contributed by atoms with Gasteiger partial charge in [-0.3, -0.25) is 4.90 Å². The van der Waals surface area contributed by atoms with Crippen LogP contribution in [-0.4, -0.2) is 62.2 Å². The average Bonchev–Trinajstić information content (AvgIpc) is 2.45. The Morgan fingerprint density at radius 2 is 1.84 bits per heavy atom. The quantitative estimate of drug-likeness (QED) is 0.721. The minimum atomic E-state index is -0.225. The molecule has 19 heavy (non-hydrogen) atoms. The van der Waals surface area contributed by atoms with Gasteiger partial charge >= 0.3 is 0 Å². The SMILES string of the molecule is COc1ccc(OC)c(CCN(C)C(CO)CO)c1. The Kier molecular flexibility index (Phi) is 6.62. The number of hydrogen-bond acceptors (Lipinski definition) is 5. The second-order valence-electron chi connectivity index (χ2n) is 4.43. The van der Waals surface area contributed by atoms with Crippen LogP contribution in [-0.2, 0) is 6.42 Å². The van der Waals surface area contributed by atoms with E-state index in [9.17, 15) is 0 Å². The van der Waals surface area contributed by atoms with Crippen LogP contribution >= 0.6 is 0 Å². The predicted molar refractivity (Wildman–Crippen MR) is 73.8 cm³/mol. The van der Waals surface area contributed by atoms with Crippen LogP contribution in [0.2, 0.25) is 0 Å². The zero-order chi connectivity index (χ0) is 14.3. The molecule has 1 rings (SSSR count). The molecule has 0 amide bonds. The minimum absolute atomic E-state index is 0.0533. The zero-order valence-electron chi connectivity index (χ0n) is 11.8. The molecule has 5 heteroatoms. The molecule has 5 nitrogen and oxygen atoms in total. The van der Waals surface area contributed by atoms with Crippen LogP contribution in [0.15, 0.2) is 18.2 Å². The first-order valence-electron chi connectivity index (χ1n) is 6.29. The molecule has 0 spiro atoms. The van der Waals surface area contributed by atoms with E-state index in [-0.39, 0.29) is 19.3 Å². The highest BCUT2D eigenvalue weighted by atomic mass is 16.5. The van der Waals surface area contributed by atoms with E-state index < -0.39 is 0 Å². The summed E-state index contributed by atoms with van der Waals surface area (Å²) < 4.78 is 10.5. The standard InChI is InChI=1S/C14H23NO4/c1-15(12(9-16)10-17)7-6-11-8-13(18-2)4-5-14(11)19-3/h4-5,8,12,16-17H,6-7,9-10H2,1-3H3. The van der Waals surface area contributed by atoms with Crippen LogP contribution in [0.3, 0.4) is 0 Å². The Bertz CT molecular complexity index is 380. The number of benzene rings is 1. The molecule has 0 aromatic heterocycles. The van der Waals surface area contributed by atoms with E-state index in [0.717, 1.165) is 30.0 Å². The van der Waals surface area contributed by atoms with E-state index in [1.807, 2.05) is 30.1 Å². The topological polar surface area (TPSA) is 62.2 Å². The van der Waals surface area contributed by atoms with Crippen LogP contribution in [0.25, 0.3) is 0 Å².